The molecule has 1 aromatic heterocycles. The molecule has 6 heteroatoms. The molecule has 1 unspecified atom stereocenters. The summed E-state index contributed by atoms with van der Waals surface area (Å²) in [6, 6.07) is 2.27. The second-order valence-electron chi connectivity index (χ2n) is 6.83. The van der Waals surface area contributed by atoms with Crippen LogP contribution >= 0.6 is 22.9 Å². The number of thiophene rings is 1. The number of hydrogen-bond acceptors (Lipinski definition) is 4. The average Bonchev–Trinajstić information content (AvgIpc) is 2.90. The molecule has 0 spiro atoms. The summed E-state index contributed by atoms with van der Waals surface area (Å²) >= 11 is 7.53. The number of ether oxygens (including phenoxy) is 1. The predicted molar refractivity (Wildman–Crippen MR) is 96.3 cm³/mol. The van der Waals surface area contributed by atoms with Gasteiger partial charge in [0.05, 0.1) is 4.34 Å². The Bertz CT molecular complexity index is 577. The lowest BCUT2D eigenvalue weighted by atomic mass is 10.1. The quantitative estimate of drug-likeness (QED) is 0.800. The molecular weight excluding hydrogens is 332 g/mol. The van der Waals surface area contributed by atoms with Crippen molar-refractivity contribution < 1.29 is 9.53 Å². The van der Waals surface area contributed by atoms with Crippen LogP contribution in [0.3, 0.4) is 0 Å². The highest BCUT2D eigenvalue weighted by Crippen LogP contribution is 2.25. The highest BCUT2D eigenvalue weighted by molar-refractivity contribution is 7.14. The van der Waals surface area contributed by atoms with Crippen LogP contribution in [0.15, 0.2) is 23.1 Å². The zero-order chi connectivity index (χ0) is 17.0. The van der Waals surface area contributed by atoms with Gasteiger partial charge >= 0.3 is 6.09 Å². The van der Waals surface area contributed by atoms with E-state index in [1.165, 1.54) is 11.1 Å². The third-order valence-electron chi connectivity index (χ3n) is 3.68. The highest BCUT2D eigenvalue weighted by atomic mass is 35.5. The minimum atomic E-state index is -0.445. The van der Waals surface area contributed by atoms with Gasteiger partial charge in [0.2, 0.25) is 0 Å². The van der Waals surface area contributed by atoms with Crippen molar-refractivity contribution in [3.05, 3.63) is 33.0 Å². The molecule has 1 amide bonds. The van der Waals surface area contributed by atoms with Crippen molar-refractivity contribution >= 4 is 29.0 Å². The van der Waals surface area contributed by atoms with E-state index in [0.717, 1.165) is 17.3 Å². The Morgan fingerprint density at radius 3 is 2.78 bits per heavy atom. The minimum absolute atomic E-state index is 0.234. The van der Waals surface area contributed by atoms with E-state index in [9.17, 15) is 4.79 Å². The van der Waals surface area contributed by atoms with Crippen molar-refractivity contribution in [2.75, 3.05) is 19.6 Å². The molecule has 2 heterocycles. The van der Waals surface area contributed by atoms with Gasteiger partial charge in [-0.1, -0.05) is 23.3 Å². The van der Waals surface area contributed by atoms with E-state index >= 15 is 0 Å². The van der Waals surface area contributed by atoms with Crippen LogP contribution < -0.4 is 5.32 Å². The standard InChI is InChI=1S/C17H25ClN2O2S/c1-12(14-9-15(18)23-11-14)19-10-13-5-7-20(8-6-13)16(21)22-17(2,3)4/h5,9,11-12,19H,6-8,10H2,1-4H3. The Kier molecular flexibility index (Phi) is 6.12. The van der Waals surface area contributed by atoms with Crippen LogP contribution in [0.5, 0.6) is 0 Å². The van der Waals surface area contributed by atoms with Gasteiger partial charge in [-0.25, -0.2) is 4.79 Å². The molecule has 1 atom stereocenters. The SMILES string of the molecule is CC(NCC1=CCN(C(=O)OC(C)(C)C)CC1)c1csc(Cl)c1. The Morgan fingerprint density at radius 2 is 2.26 bits per heavy atom. The fourth-order valence-corrected chi connectivity index (χ4v) is 3.30. The molecule has 0 aliphatic carbocycles. The Morgan fingerprint density at radius 1 is 1.52 bits per heavy atom. The maximum atomic E-state index is 12.0. The summed E-state index contributed by atoms with van der Waals surface area (Å²) < 4.78 is 6.22. The van der Waals surface area contributed by atoms with Crippen molar-refractivity contribution in [2.24, 2.45) is 0 Å². The Labute approximate surface area is 147 Å². The third kappa shape index (κ3) is 5.83. The van der Waals surface area contributed by atoms with E-state index in [1.807, 2.05) is 26.8 Å². The second kappa shape index (κ2) is 7.69. The van der Waals surface area contributed by atoms with E-state index < -0.39 is 5.60 Å². The maximum absolute atomic E-state index is 12.0. The zero-order valence-corrected chi connectivity index (χ0v) is 15.8. The molecule has 1 aliphatic rings. The third-order valence-corrected chi connectivity index (χ3v) is 4.79. The molecular formula is C17H25ClN2O2S. The summed E-state index contributed by atoms with van der Waals surface area (Å²) in [5.41, 5.74) is 2.10. The zero-order valence-electron chi connectivity index (χ0n) is 14.2. The number of rotatable bonds is 4. The second-order valence-corrected chi connectivity index (χ2v) is 8.37. The van der Waals surface area contributed by atoms with Crippen molar-refractivity contribution in [2.45, 2.75) is 45.8 Å². The molecule has 0 aromatic carbocycles. The van der Waals surface area contributed by atoms with Crippen molar-refractivity contribution in [3.8, 4) is 0 Å². The molecule has 0 fully saturated rings. The lowest BCUT2D eigenvalue weighted by Crippen LogP contribution is -2.40. The van der Waals surface area contributed by atoms with Crippen LogP contribution in [0.2, 0.25) is 4.34 Å². The predicted octanol–water partition coefficient (Wildman–Crippen LogP) is 4.62. The molecule has 1 aromatic rings. The topological polar surface area (TPSA) is 41.6 Å². The summed E-state index contributed by atoms with van der Waals surface area (Å²) in [6.45, 7) is 9.95. The number of halogens is 1. The summed E-state index contributed by atoms with van der Waals surface area (Å²) in [5, 5.41) is 5.59. The fourth-order valence-electron chi connectivity index (χ4n) is 2.32. The largest absolute Gasteiger partial charge is 0.444 e. The molecule has 0 bridgehead atoms. The smallest absolute Gasteiger partial charge is 0.410 e. The van der Waals surface area contributed by atoms with Crippen LogP contribution in [-0.2, 0) is 4.74 Å². The van der Waals surface area contributed by atoms with E-state index in [2.05, 4.69) is 23.7 Å². The van der Waals surface area contributed by atoms with E-state index in [4.69, 9.17) is 16.3 Å². The van der Waals surface area contributed by atoms with Gasteiger partial charge in [0.25, 0.3) is 0 Å². The molecule has 23 heavy (non-hydrogen) atoms. The number of hydrogen-bond donors (Lipinski definition) is 1. The van der Waals surface area contributed by atoms with Gasteiger partial charge in [-0.3, -0.25) is 0 Å². The lowest BCUT2D eigenvalue weighted by molar-refractivity contribution is 0.0265. The maximum Gasteiger partial charge on any atom is 0.410 e. The Hall–Kier alpha value is -1.04. The molecule has 4 nitrogen and oxygen atoms in total. The first-order chi connectivity index (χ1) is 10.7. The number of carbonyl (C=O) groups excluding carboxylic acids is 1. The number of nitrogens with zero attached hydrogens (tertiary/aromatic N) is 1. The first-order valence-electron chi connectivity index (χ1n) is 7.88. The van der Waals surface area contributed by atoms with Gasteiger partial charge in [0, 0.05) is 25.7 Å². The van der Waals surface area contributed by atoms with Gasteiger partial charge in [0.1, 0.15) is 5.60 Å². The van der Waals surface area contributed by atoms with Crippen LogP contribution in [-0.4, -0.2) is 36.2 Å². The molecule has 0 saturated carbocycles. The number of nitrogens with one attached hydrogen (secondary N) is 1. The van der Waals surface area contributed by atoms with Crippen LogP contribution in [0.25, 0.3) is 0 Å². The average molecular weight is 357 g/mol. The molecule has 0 saturated heterocycles. The first kappa shape index (κ1) is 18.3. The van der Waals surface area contributed by atoms with E-state index in [1.54, 1.807) is 16.2 Å². The number of amides is 1. The first-order valence-corrected chi connectivity index (χ1v) is 9.13. The summed E-state index contributed by atoms with van der Waals surface area (Å²) in [4.78, 5) is 13.8. The lowest BCUT2D eigenvalue weighted by Gasteiger charge is -2.30. The van der Waals surface area contributed by atoms with Crippen molar-refractivity contribution in [1.29, 1.82) is 0 Å². The van der Waals surface area contributed by atoms with Crippen molar-refractivity contribution in [1.82, 2.24) is 10.2 Å². The molecule has 2 rings (SSSR count). The number of carbonyl (C=O) groups is 1. The summed E-state index contributed by atoms with van der Waals surface area (Å²) in [6.07, 6.45) is 2.76. The normalized spacial score (nSPS) is 16.9. The fraction of sp³-hybridized carbons (Fsp3) is 0.588. The Balaban J connectivity index is 1.79. The minimum Gasteiger partial charge on any atom is -0.444 e. The van der Waals surface area contributed by atoms with Gasteiger partial charge < -0.3 is 15.0 Å². The van der Waals surface area contributed by atoms with Crippen LogP contribution in [0.1, 0.15) is 45.7 Å². The van der Waals surface area contributed by atoms with Crippen LogP contribution in [0.4, 0.5) is 4.79 Å². The van der Waals surface area contributed by atoms with E-state index in [0.29, 0.717) is 13.1 Å². The van der Waals surface area contributed by atoms with E-state index in [-0.39, 0.29) is 12.1 Å². The summed E-state index contributed by atoms with van der Waals surface area (Å²) in [5.74, 6) is 0. The monoisotopic (exact) mass is 356 g/mol. The molecule has 128 valence electrons. The molecule has 0 radical (unpaired) electrons. The van der Waals surface area contributed by atoms with Gasteiger partial charge in [-0.05, 0) is 51.1 Å². The molecule has 1 aliphatic heterocycles. The van der Waals surface area contributed by atoms with Gasteiger partial charge in [-0.2, -0.15) is 0 Å². The molecule has 1 N–H and O–H groups in total. The highest BCUT2D eigenvalue weighted by Gasteiger charge is 2.23. The van der Waals surface area contributed by atoms with Gasteiger partial charge in [-0.15, -0.1) is 11.3 Å². The van der Waals surface area contributed by atoms with Crippen molar-refractivity contribution in [3.63, 3.8) is 0 Å². The van der Waals surface area contributed by atoms with Gasteiger partial charge in [0.15, 0.2) is 0 Å². The van der Waals surface area contributed by atoms with Crippen LogP contribution in [0, 0.1) is 0 Å². The summed E-state index contributed by atoms with van der Waals surface area (Å²) in [7, 11) is 0.